The zero-order chi connectivity index (χ0) is 27.2. The molecule has 0 bridgehead atoms. The minimum Gasteiger partial charge on any atom is -0.336 e. The Bertz CT molecular complexity index is 1340. The zero-order valence-electron chi connectivity index (χ0n) is 21.6. The molecular formula is C31H31N5O3. The first-order chi connectivity index (χ1) is 19.1. The van der Waals surface area contributed by atoms with E-state index in [4.69, 9.17) is 6.42 Å². The Morgan fingerprint density at radius 2 is 1.51 bits per heavy atom. The molecule has 2 atom stereocenters. The second-order valence-electron chi connectivity index (χ2n) is 9.63. The van der Waals surface area contributed by atoms with Crippen LogP contribution in [0.4, 0.5) is 4.79 Å². The number of hydrogen-bond acceptors (Lipinski definition) is 4. The number of carbonyl (C=O) groups is 3. The third-order valence-corrected chi connectivity index (χ3v) is 7.12. The number of amides is 4. The maximum atomic E-state index is 13.9. The van der Waals surface area contributed by atoms with E-state index in [1.165, 1.54) is 5.01 Å². The number of rotatable bonds is 7. The highest BCUT2D eigenvalue weighted by Crippen LogP contribution is 2.34. The molecule has 5 rings (SSSR count). The van der Waals surface area contributed by atoms with E-state index < -0.39 is 12.2 Å². The van der Waals surface area contributed by atoms with E-state index in [0.29, 0.717) is 25.1 Å². The monoisotopic (exact) mass is 521 g/mol. The SMILES string of the molecule is C#CCN1CC(=O)N2[C@@H](c3ccccc3)C(=O)N(CCc3ccccc3)C[C@@H]2N1C(=O)NCc1ccccc1. The summed E-state index contributed by atoms with van der Waals surface area (Å²) in [7, 11) is 0. The molecular weight excluding hydrogens is 490 g/mol. The maximum Gasteiger partial charge on any atom is 0.334 e. The van der Waals surface area contributed by atoms with Crippen molar-refractivity contribution in [3.05, 3.63) is 108 Å². The van der Waals surface area contributed by atoms with Crippen molar-refractivity contribution in [1.29, 1.82) is 0 Å². The van der Waals surface area contributed by atoms with Crippen molar-refractivity contribution in [2.45, 2.75) is 25.2 Å². The lowest BCUT2D eigenvalue weighted by molar-refractivity contribution is -0.189. The second kappa shape index (κ2) is 11.8. The van der Waals surface area contributed by atoms with Crippen molar-refractivity contribution in [3.63, 3.8) is 0 Å². The summed E-state index contributed by atoms with van der Waals surface area (Å²) in [6.45, 7) is 0.947. The predicted octanol–water partition coefficient (Wildman–Crippen LogP) is 3.04. The van der Waals surface area contributed by atoms with Crippen molar-refractivity contribution in [2.24, 2.45) is 0 Å². The number of hydrazine groups is 1. The van der Waals surface area contributed by atoms with Gasteiger partial charge in [0.1, 0.15) is 12.2 Å². The van der Waals surface area contributed by atoms with Crippen LogP contribution in [0, 0.1) is 12.3 Å². The predicted molar refractivity (Wildman–Crippen MR) is 147 cm³/mol. The largest absolute Gasteiger partial charge is 0.336 e. The lowest BCUT2D eigenvalue weighted by Gasteiger charge is -2.55. The molecule has 0 aliphatic carbocycles. The number of nitrogens with zero attached hydrogens (tertiary/aromatic N) is 4. The smallest absolute Gasteiger partial charge is 0.334 e. The molecule has 2 saturated heterocycles. The Morgan fingerprint density at radius 3 is 2.15 bits per heavy atom. The molecule has 0 spiro atoms. The molecule has 0 aromatic heterocycles. The third kappa shape index (κ3) is 5.64. The summed E-state index contributed by atoms with van der Waals surface area (Å²) in [5.41, 5.74) is 2.76. The molecule has 4 amide bonds. The summed E-state index contributed by atoms with van der Waals surface area (Å²) in [6, 6.07) is 27.6. The first-order valence-electron chi connectivity index (χ1n) is 13.0. The second-order valence-corrected chi connectivity index (χ2v) is 9.63. The number of piperazine rings is 1. The van der Waals surface area contributed by atoms with Crippen molar-refractivity contribution in [1.82, 2.24) is 25.1 Å². The highest BCUT2D eigenvalue weighted by atomic mass is 16.2. The first-order valence-corrected chi connectivity index (χ1v) is 13.0. The number of hydrogen-bond donors (Lipinski definition) is 1. The Kier molecular flexibility index (Phi) is 7.90. The lowest BCUT2D eigenvalue weighted by Crippen LogP contribution is -2.74. The molecule has 0 saturated carbocycles. The van der Waals surface area contributed by atoms with Gasteiger partial charge < -0.3 is 15.1 Å². The molecule has 8 nitrogen and oxygen atoms in total. The Morgan fingerprint density at radius 1 is 0.897 bits per heavy atom. The van der Waals surface area contributed by atoms with Crippen LogP contribution in [0.15, 0.2) is 91.0 Å². The average molecular weight is 522 g/mol. The van der Waals surface area contributed by atoms with E-state index in [2.05, 4.69) is 11.2 Å². The quantitative estimate of drug-likeness (QED) is 0.485. The van der Waals surface area contributed by atoms with Gasteiger partial charge in [-0.05, 0) is 23.1 Å². The third-order valence-electron chi connectivity index (χ3n) is 7.12. The fraction of sp³-hybridized carbons (Fsp3) is 0.258. The number of nitrogens with one attached hydrogen (secondary N) is 1. The number of urea groups is 1. The van der Waals surface area contributed by atoms with Crippen LogP contribution in [0.1, 0.15) is 22.7 Å². The van der Waals surface area contributed by atoms with Crippen LogP contribution in [0.2, 0.25) is 0 Å². The van der Waals surface area contributed by atoms with E-state index in [9.17, 15) is 14.4 Å². The summed E-state index contributed by atoms with van der Waals surface area (Å²) in [4.78, 5) is 44.5. The topological polar surface area (TPSA) is 76.2 Å². The van der Waals surface area contributed by atoms with Crippen LogP contribution in [-0.2, 0) is 22.6 Å². The number of carbonyl (C=O) groups excluding carboxylic acids is 3. The van der Waals surface area contributed by atoms with Crippen LogP contribution < -0.4 is 5.32 Å². The normalized spacial score (nSPS) is 19.4. The molecule has 39 heavy (non-hydrogen) atoms. The molecule has 2 aliphatic rings. The van der Waals surface area contributed by atoms with Gasteiger partial charge in [0.25, 0.3) is 0 Å². The van der Waals surface area contributed by atoms with Crippen LogP contribution in [0.3, 0.4) is 0 Å². The van der Waals surface area contributed by atoms with Crippen molar-refractivity contribution >= 4 is 17.8 Å². The van der Waals surface area contributed by atoms with Crippen LogP contribution in [0.5, 0.6) is 0 Å². The van der Waals surface area contributed by atoms with Crippen molar-refractivity contribution < 1.29 is 14.4 Å². The summed E-state index contributed by atoms with van der Waals surface area (Å²) >= 11 is 0. The summed E-state index contributed by atoms with van der Waals surface area (Å²) in [5.74, 6) is 2.18. The Balaban J connectivity index is 1.48. The Labute approximate surface area is 228 Å². The van der Waals surface area contributed by atoms with E-state index >= 15 is 0 Å². The van der Waals surface area contributed by atoms with Gasteiger partial charge in [-0.2, -0.15) is 5.01 Å². The lowest BCUT2D eigenvalue weighted by atomic mass is 9.98. The van der Waals surface area contributed by atoms with Crippen molar-refractivity contribution in [3.8, 4) is 12.3 Å². The molecule has 3 aromatic rings. The minimum atomic E-state index is -0.842. The van der Waals surface area contributed by atoms with E-state index in [-0.39, 0.29) is 37.5 Å². The molecule has 198 valence electrons. The molecule has 1 N–H and O–H groups in total. The summed E-state index contributed by atoms with van der Waals surface area (Å²) in [5, 5.41) is 6.10. The van der Waals surface area contributed by atoms with Crippen LogP contribution in [0.25, 0.3) is 0 Å². The summed E-state index contributed by atoms with van der Waals surface area (Å²) in [6.07, 6.45) is 5.58. The van der Waals surface area contributed by atoms with Gasteiger partial charge in [0.05, 0.1) is 19.6 Å². The van der Waals surface area contributed by atoms with E-state index in [0.717, 1.165) is 11.1 Å². The molecule has 0 unspecified atom stereocenters. The van der Waals surface area contributed by atoms with Gasteiger partial charge in [0.2, 0.25) is 11.8 Å². The van der Waals surface area contributed by atoms with Gasteiger partial charge >= 0.3 is 6.03 Å². The highest BCUT2D eigenvalue weighted by Gasteiger charge is 2.51. The van der Waals surface area contributed by atoms with Gasteiger partial charge in [-0.1, -0.05) is 96.9 Å². The molecule has 0 radical (unpaired) electrons. The highest BCUT2D eigenvalue weighted by molar-refractivity contribution is 5.92. The average Bonchev–Trinajstić information content (AvgIpc) is 2.97. The van der Waals surface area contributed by atoms with E-state index in [1.54, 1.807) is 14.8 Å². The van der Waals surface area contributed by atoms with Gasteiger partial charge in [0.15, 0.2) is 0 Å². The molecule has 2 heterocycles. The van der Waals surface area contributed by atoms with Crippen LogP contribution in [-0.4, -0.2) is 70.0 Å². The van der Waals surface area contributed by atoms with Gasteiger partial charge in [-0.25, -0.2) is 9.80 Å². The minimum absolute atomic E-state index is 0.0861. The molecule has 3 aromatic carbocycles. The fourth-order valence-corrected chi connectivity index (χ4v) is 5.25. The Hall–Kier alpha value is -4.61. The van der Waals surface area contributed by atoms with Gasteiger partial charge in [0, 0.05) is 13.1 Å². The maximum absolute atomic E-state index is 13.9. The zero-order valence-corrected chi connectivity index (χ0v) is 21.6. The number of fused-ring (bicyclic) bond motifs is 1. The molecule has 2 fully saturated rings. The van der Waals surface area contributed by atoms with Crippen molar-refractivity contribution in [2.75, 3.05) is 26.2 Å². The standard InChI is InChI=1S/C31H31N5O3/c1-2-19-34-23-28(37)35-27(36(34)31(39)32-21-25-14-8-4-9-15-25)22-33(20-18-24-12-6-3-7-13-24)30(38)29(35)26-16-10-5-11-17-26/h1,3-17,27,29H,18-23H2,(H,32,39)/t27-,29-/m0/s1. The summed E-state index contributed by atoms with van der Waals surface area (Å²) < 4.78 is 0. The number of benzene rings is 3. The molecule has 8 heteroatoms. The fourth-order valence-electron chi connectivity index (χ4n) is 5.25. The number of terminal acetylenes is 1. The van der Waals surface area contributed by atoms with Gasteiger partial charge in [-0.3, -0.25) is 9.59 Å². The van der Waals surface area contributed by atoms with E-state index in [1.807, 2.05) is 91.0 Å². The van der Waals surface area contributed by atoms with Crippen LogP contribution >= 0.6 is 0 Å². The molecule has 2 aliphatic heterocycles. The van der Waals surface area contributed by atoms with Gasteiger partial charge in [-0.15, -0.1) is 6.42 Å². The first kappa shape index (κ1) is 26.0.